The monoisotopic (exact) mass is 292 g/mol. The number of nitro groups is 1. The molecular weight excluding hydrogens is 280 g/mol. The molecule has 104 valence electrons. The molecule has 2 rings (SSSR count). The Labute approximate surface area is 118 Å². The van der Waals surface area contributed by atoms with E-state index in [4.69, 9.17) is 5.73 Å². The van der Waals surface area contributed by atoms with Crippen LogP contribution in [0.2, 0.25) is 0 Å². The van der Waals surface area contributed by atoms with Gasteiger partial charge >= 0.3 is 0 Å². The molecule has 0 spiro atoms. The molecule has 0 aliphatic heterocycles. The van der Waals surface area contributed by atoms with E-state index >= 15 is 0 Å². The summed E-state index contributed by atoms with van der Waals surface area (Å²) >= 11 is 1.48. The minimum absolute atomic E-state index is 0.0321. The average molecular weight is 292 g/mol. The molecule has 0 saturated carbocycles. The second-order valence-corrected chi connectivity index (χ2v) is 5.38. The molecular formula is C12H12N4O3S. The van der Waals surface area contributed by atoms with Crippen LogP contribution in [0.1, 0.15) is 20.2 Å². The highest BCUT2D eigenvalue weighted by Crippen LogP contribution is 2.22. The maximum atomic E-state index is 11.9. The summed E-state index contributed by atoms with van der Waals surface area (Å²) in [4.78, 5) is 27.1. The van der Waals surface area contributed by atoms with Crippen molar-refractivity contribution in [1.29, 1.82) is 0 Å². The summed E-state index contributed by atoms with van der Waals surface area (Å²) in [5.41, 5.74) is 5.44. The average Bonchev–Trinajstić information content (AvgIpc) is 2.82. The number of nitrogens with one attached hydrogen (secondary N) is 1. The highest BCUT2D eigenvalue weighted by atomic mass is 32.1. The lowest BCUT2D eigenvalue weighted by Gasteiger charge is -2.04. The number of nitrogens with two attached hydrogens (primary N) is 1. The zero-order chi connectivity index (χ0) is 14.7. The minimum Gasteiger partial charge on any atom is -0.393 e. The van der Waals surface area contributed by atoms with Gasteiger partial charge < -0.3 is 11.1 Å². The molecule has 0 bridgehead atoms. The quantitative estimate of drug-likeness (QED) is 0.507. The number of anilines is 1. The number of aromatic nitrogens is 1. The lowest BCUT2D eigenvalue weighted by Crippen LogP contribution is -2.22. The molecule has 0 atom stereocenters. The highest BCUT2D eigenvalue weighted by molar-refractivity contribution is 7.11. The van der Waals surface area contributed by atoms with E-state index in [1.165, 1.54) is 29.5 Å². The van der Waals surface area contributed by atoms with Crippen molar-refractivity contribution in [3.63, 3.8) is 0 Å². The molecule has 1 aromatic heterocycles. The van der Waals surface area contributed by atoms with E-state index in [1.807, 2.05) is 6.92 Å². The number of hydrogen-bond acceptors (Lipinski definition) is 6. The molecule has 0 fully saturated rings. The summed E-state index contributed by atoms with van der Waals surface area (Å²) in [7, 11) is 0. The number of benzene rings is 1. The van der Waals surface area contributed by atoms with Crippen molar-refractivity contribution in [2.24, 2.45) is 0 Å². The summed E-state index contributed by atoms with van der Waals surface area (Å²) in [6, 6.07) is 3.97. The van der Waals surface area contributed by atoms with Crippen molar-refractivity contribution in [3.05, 3.63) is 50.0 Å². The standard InChI is InChI=1S/C12H12N4O3S/c1-7-14-5-9(20-7)6-15-12(17)8-2-3-10(13)11(4-8)16(18)19/h2-5H,6,13H2,1H3,(H,15,17). The second kappa shape index (κ2) is 5.66. The third-order valence-electron chi connectivity index (χ3n) is 2.58. The summed E-state index contributed by atoms with van der Waals surface area (Å²) in [5.74, 6) is -0.390. The van der Waals surface area contributed by atoms with Crippen LogP contribution in [-0.2, 0) is 6.54 Å². The number of nitrogen functional groups attached to an aromatic ring is 1. The first-order valence-corrected chi connectivity index (χ1v) is 6.52. The third-order valence-corrected chi connectivity index (χ3v) is 3.49. The number of nitrogens with zero attached hydrogens (tertiary/aromatic N) is 2. The molecule has 3 N–H and O–H groups in total. The number of carbonyl (C=O) groups is 1. The molecule has 1 amide bonds. The topological polar surface area (TPSA) is 111 Å². The maximum absolute atomic E-state index is 11.9. The van der Waals surface area contributed by atoms with Gasteiger partial charge in [-0.05, 0) is 19.1 Å². The number of amides is 1. The van der Waals surface area contributed by atoms with E-state index < -0.39 is 4.92 Å². The first-order valence-electron chi connectivity index (χ1n) is 5.71. The van der Waals surface area contributed by atoms with Gasteiger partial charge in [-0.2, -0.15) is 0 Å². The van der Waals surface area contributed by atoms with Gasteiger partial charge in [-0.3, -0.25) is 14.9 Å². The van der Waals surface area contributed by atoms with Gasteiger partial charge in [-0.15, -0.1) is 11.3 Å². The van der Waals surface area contributed by atoms with Crippen LogP contribution in [0.4, 0.5) is 11.4 Å². The first-order chi connectivity index (χ1) is 9.47. The zero-order valence-electron chi connectivity index (χ0n) is 10.6. The number of hydrogen-bond donors (Lipinski definition) is 2. The molecule has 2 aromatic rings. The van der Waals surface area contributed by atoms with Crippen LogP contribution in [0.3, 0.4) is 0 Å². The summed E-state index contributed by atoms with van der Waals surface area (Å²) < 4.78 is 0. The largest absolute Gasteiger partial charge is 0.393 e. The number of rotatable bonds is 4. The van der Waals surface area contributed by atoms with Gasteiger partial charge in [0.2, 0.25) is 0 Å². The smallest absolute Gasteiger partial charge is 0.292 e. The van der Waals surface area contributed by atoms with Gasteiger partial charge in [-0.25, -0.2) is 4.98 Å². The van der Waals surface area contributed by atoms with E-state index in [1.54, 1.807) is 6.20 Å². The zero-order valence-corrected chi connectivity index (χ0v) is 11.4. The maximum Gasteiger partial charge on any atom is 0.292 e. The van der Waals surface area contributed by atoms with Crippen molar-refractivity contribution in [1.82, 2.24) is 10.3 Å². The van der Waals surface area contributed by atoms with Crippen LogP contribution in [0.25, 0.3) is 0 Å². The molecule has 8 heteroatoms. The summed E-state index contributed by atoms with van der Waals surface area (Å²) in [5, 5.41) is 14.4. The van der Waals surface area contributed by atoms with Crippen LogP contribution < -0.4 is 11.1 Å². The molecule has 0 unspecified atom stereocenters. The SMILES string of the molecule is Cc1ncc(CNC(=O)c2ccc(N)c([N+](=O)[O-])c2)s1. The number of nitro benzene ring substituents is 1. The van der Waals surface area contributed by atoms with Crippen LogP contribution in [-0.4, -0.2) is 15.8 Å². The van der Waals surface area contributed by atoms with Crippen LogP contribution in [0, 0.1) is 17.0 Å². The van der Waals surface area contributed by atoms with Gasteiger partial charge in [-0.1, -0.05) is 0 Å². The molecule has 20 heavy (non-hydrogen) atoms. The van der Waals surface area contributed by atoms with Gasteiger partial charge in [0.05, 0.1) is 16.5 Å². The number of thiazole rings is 1. The predicted octanol–water partition coefficient (Wildman–Crippen LogP) is 1.87. The Morgan fingerprint density at radius 3 is 2.90 bits per heavy atom. The molecule has 0 aliphatic carbocycles. The van der Waals surface area contributed by atoms with Crippen LogP contribution >= 0.6 is 11.3 Å². The van der Waals surface area contributed by atoms with E-state index in [2.05, 4.69) is 10.3 Å². The Hall–Kier alpha value is -2.48. The van der Waals surface area contributed by atoms with E-state index in [-0.39, 0.29) is 22.8 Å². The fraction of sp³-hybridized carbons (Fsp3) is 0.167. The Morgan fingerprint density at radius 2 is 2.30 bits per heavy atom. The third kappa shape index (κ3) is 3.09. The molecule has 0 radical (unpaired) electrons. The molecule has 7 nitrogen and oxygen atoms in total. The Balaban J connectivity index is 2.09. The molecule has 0 aliphatic rings. The summed E-state index contributed by atoms with van der Waals surface area (Å²) in [6.45, 7) is 2.21. The Kier molecular flexibility index (Phi) is 3.94. The molecule has 1 aromatic carbocycles. The van der Waals surface area contributed by atoms with Crippen molar-refractivity contribution in [3.8, 4) is 0 Å². The lowest BCUT2D eigenvalue weighted by atomic mass is 10.1. The van der Waals surface area contributed by atoms with Crippen molar-refractivity contribution in [2.75, 3.05) is 5.73 Å². The highest BCUT2D eigenvalue weighted by Gasteiger charge is 2.15. The van der Waals surface area contributed by atoms with Gasteiger partial charge in [0.15, 0.2) is 0 Å². The Bertz CT molecular complexity index is 668. The first kappa shape index (κ1) is 13.9. The fourth-order valence-electron chi connectivity index (χ4n) is 1.60. The van der Waals surface area contributed by atoms with E-state index in [9.17, 15) is 14.9 Å². The minimum atomic E-state index is -0.612. The van der Waals surface area contributed by atoms with Crippen LogP contribution in [0.5, 0.6) is 0 Å². The number of aryl methyl sites for hydroxylation is 1. The van der Waals surface area contributed by atoms with Crippen molar-refractivity contribution in [2.45, 2.75) is 13.5 Å². The summed E-state index contributed by atoms with van der Waals surface area (Å²) in [6.07, 6.45) is 1.69. The number of carbonyl (C=O) groups excluding carboxylic acids is 1. The molecule has 0 saturated heterocycles. The van der Waals surface area contributed by atoms with Crippen molar-refractivity contribution < 1.29 is 9.72 Å². The van der Waals surface area contributed by atoms with Gasteiger partial charge in [0.25, 0.3) is 11.6 Å². The molecule has 1 heterocycles. The second-order valence-electron chi connectivity index (χ2n) is 4.06. The predicted molar refractivity (Wildman–Crippen MR) is 75.5 cm³/mol. The van der Waals surface area contributed by atoms with Gasteiger partial charge in [0, 0.05) is 22.7 Å². The van der Waals surface area contributed by atoms with E-state index in [0.29, 0.717) is 6.54 Å². The van der Waals surface area contributed by atoms with E-state index in [0.717, 1.165) is 9.88 Å². The lowest BCUT2D eigenvalue weighted by molar-refractivity contribution is -0.383. The Morgan fingerprint density at radius 1 is 1.55 bits per heavy atom. The van der Waals surface area contributed by atoms with Gasteiger partial charge in [0.1, 0.15) is 5.69 Å². The van der Waals surface area contributed by atoms with Crippen LogP contribution in [0.15, 0.2) is 24.4 Å². The fourth-order valence-corrected chi connectivity index (χ4v) is 2.33. The van der Waals surface area contributed by atoms with Crippen molar-refractivity contribution >= 4 is 28.6 Å². The normalized spacial score (nSPS) is 10.2.